The largest absolute Gasteiger partial charge is 0.303 e. The Hall–Kier alpha value is 0.360. The molecule has 0 aliphatic carbocycles. The van der Waals surface area contributed by atoms with Crippen molar-refractivity contribution in [3.63, 3.8) is 0 Å². The summed E-state index contributed by atoms with van der Waals surface area (Å²) in [6.07, 6.45) is 4.58. The lowest BCUT2D eigenvalue weighted by atomic mass is 9.88. The number of rotatable bonds is 1. The highest BCUT2D eigenvalue weighted by atomic mass is 127. The SMILES string of the molecule is CC1(C=O)CCCCN(I)C1. The number of hydrogen-bond donors (Lipinski definition) is 0. The quantitative estimate of drug-likeness (QED) is 0.411. The first-order valence-corrected chi connectivity index (χ1v) is 5.00. The topological polar surface area (TPSA) is 20.3 Å². The molecule has 0 amide bonds. The van der Waals surface area contributed by atoms with E-state index in [9.17, 15) is 4.79 Å². The molecule has 0 radical (unpaired) electrons. The zero-order chi connectivity index (χ0) is 8.32. The lowest BCUT2D eigenvalue weighted by Gasteiger charge is -2.23. The van der Waals surface area contributed by atoms with Crippen molar-refractivity contribution in [2.45, 2.75) is 26.2 Å². The van der Waals surface area contributed by atoms with Gasteiger partial charge in [-0.2, -0.15) is 0 Å². The third-order valence-electron chi connectivity index (χ3n) is 2.22. The summed E-state index contributed by atoms with van der Waals surface area (Å²) in [6, 6.07) is 0. The summed E-state index contributed by atoms with van der Waals surface area (Å²) in [5, 5.41) is 0. The van der Waals surface area contributed by atoms with E-state index in [1.807, 2.05) is 0 Å². The van der Waals surface area contributed by atoms with Gasteiger partial charge in [0.05, 0.1) is 0 Å². The molecule has 0 aromatic heterocycles. The molecule has 2 nitrogen and oxygen atoms in total. The number of carbonyl (C=O) groups excluding carboxylic acids is 1. The Morgan fingerprint density at radius 3 is 2.91 bits per heavy atom. The lowest BCUT2D eigenvalue weighted by Crippen LogP contribution is -2.29. The van der Waals surface area contributed by atoms with Gasteiger partial charge < -0.3 is 4.79 Å². The molecule has 0 bridgehead atoms. The van der Waals surface area contributed by atoms with Gasteiger partial charge in [0.25, 0.3) is 0 Å². The Morgan fingerprint density at radius 2 is 2.27 bits per heavy atom. The Labute approximate surface area is 81.8 Å². The van der Waals surface area contributed by atoms with E-state index in [-0.39, 0.29) is 5.41 Å². The van der Waals surface area contributed by atoms with Crippen LogP contribution in [-0.2, 0) is 4.79 Å². The number of aldehydes is 1. The monoisotopic (exact) mass is 267 g/mol. The first kappa shape index (κ1) is 9.45. The Morgan fingerprint density at radius 1 is 1.55 bits per heavy atom. The van der Waals surface area contributed by atoms with E-state index in [4.69, 9.17) is 0 Å². The predicted molar refractivity (Wildman–Crippen MR) is 53.6 cm³/mol. The molecule has 1 aliphatic rings. The molecular formula is C8H14INO. The third-order valence-corrected chi connectivity index (χ3v) is 3.04. The summed E-state index contributed by atoms with van der Waals surface area (Å²) in [5.41, 5.74) is -0.0856. The molecule has 1 fully saturated rings. The van der Waals surface area contributed by atoms with Crippen LogP contribution in [-0.4, -0.2) is 22.5 Å². The molecule has 11 heavy (non-hydrogen) atoms. The van der Waals surface area contributed by atoms with Crippen LogP contribution in [0.4, 0.5) is 0 Å². The minimum Gasteiger partial charge on any atom is -0.303 e. The van der Waals surface area contributed by atoms with Crippen LogP contribution in [0.25, 0.3) is 0 Å². The summed E-state index contributed by atoms with van der Waals surface area (Å²) >= 11 is 2.30. The smallest absolute Gasteiger partial charge is 0.127 e. The Kier molecular flexibility index (Phi) is 3.30. The van der Waals surface area contributed by atoms with Gasteiger partial charge in [-0.3, -0.25) is 0 Å². The summed E-state index contributed by atoms with van der Waals surface area (Å²) in [5.74, 6) is 0. The average molecular weight is 267 g/mol. The van der Waals surface area contributed by atoms with Crippen molar-refractivity contribution in [2.24, 2.45) is 5.41 Å². The number of hydrogen-bond acceptors (Lipinski definition) is 2. The van der Waals surface area contributed by atoms with Crippen LogP contribution in [0.1, 0.15) is 26.2 Å². The Balaban J connectivity index is 2.58. The summed E-state index contributed by atoms with van der Waals surface area (Å²) in [6.45, 7) is 4.10. The number of carbonyl (C=O) groups is 1. The maximum absolute atomic E-state index is 10.8. The third kappa shape index (κ3) is 2.71. The fourth-order valence-electron chi connectivity index (χ4n) is 1.46. The van der Waals surface area contributed by atoms with Crippen molar-refractivity contribution in [1.82, 2.24) is 3.11 Å². The molecule has 0 N–H and O–H groups in total. The van der Waals surface area contributed by atoms with Crippen LogP contribution in [0.2, 0.25) is 0 Å². The maximum atomic E-state index is 10.8. The molecule has 1 saturated heterocycles. The van der Waals surface area contributed by atoms with Crippen molar-refractivity contribution < 1.29 is 4.79 Å². The van der Waals surface area contributed by atoms with Crippen LogP contribution in [0.15, 0.2) is 0 Å². The van der Waals surface area contributed by atoms with Crippen LogP contribution < -0.4 is 0 Å². The van der Waals surface area contributed by atoms with Gasteiger partial charge in [-0.15, -0.1) is 0 Å². The minimum atomic E-state index is -0.0856. The molecule has 0 spiro atoms. The first-order valence-electron chi connectivity index (χ1n) is 4.03. The standard InChI is InChI=1S/C8H14INO/c1-8(7-11)4-2-3-5-10(9)6-8/h7H,2-6H2,1H3. The maximum Gasteiger partial charge on any atom is 0.127 e. The van der Waals surface area contributed by atoms with Gasteiger partial charge in [-0.05, 0) is 12.8 Å². The molecule has 0 saturated carbocycles. The highest BCUT2D eigenvalue weighted by Crippen LogP contribution is 2.27. The molecule has 64 valence electrons. The van der Waals surface area contributed by atoms with E-state index in [1.165, 1.54) is 12.8 Å². The Bertz CT molecular complexity index is 151. The van der Waals surface area contributed by atoms with Crippen molar-refractivity contribution in [2.75, 3.05) is 13.1 Å². The van der Waals surface area contributed by atoms with Crippen LogP contribution in [0, 0.1) is 5.41 Å². The van der Waals surface area contributed by atoms with E-state index in [2.05, 4.69) is 32.9 Å². The van der Waals surface area contributed by atoms with Gasteiger partial charge in [-0.1, -0.05) is 13.3 Å². The van der Waals surface area contributed by atoms with Crippen LogP contribution >= 0.6 is 22.9 Å². The van der Waals surface area contributed by atoms with Gasteiger partial charge in [0.2, 0.25) is 0 Å². The zero-order valence-electron chi connectivity index (χ0n) is 6.85. The summed E-state index contributed by atoms with van der Waals surface area (Å²) in [7, 11) is 0. The molecule has 1 atom stereocenters. The van der Waals surface area contributed by atoms with Gasteiger partial charge >= 0.3 is 0 Å². The van der Waals surface area contributed by atoms with Crippen LogP contribution in [0.5, 0.6) is 0 Å². The van der Waals surface area contributed by atoms with Crippen molar-refractivity contribution in [3.05, 3.63) is 0 Å². The van der Waals surface area contributed by atoms with Gasteiger partial charge in [0, 0.05) is 41.4 Å². The van der Waals surface area contributed by atoms with Gasteiger partial charge in [-0.25, -0.2) is 3.11 Å². The van der Waals surface area contributed by atoms with E-state index in [0.717, 1.165) is 25.8 Å². The molecule has 1 unspecified atom stereocenters. The first-order chi connectivity index (χ1) is 5.16. The zero-order valence-corrected chi connectivity index (χ0v) is 9.00. The average Bonchev–Trinajstić information content (AvgIpc) is 2.13. The van der Waals surface area contributed by atoms with E-state index in [1.54, 1.807) is 0 Å². The number of halogens is 1. The molecule has 1 aliphatic heterocycles. The van der Waals surface area contributed by atoms with E-state index >= 15 is 0 Å². The molecule has 0 aromatic carbocycles. The molecular weight excluding hydrogens is 253 g/mol. The van der Waals surface area contributed by atoms with Gasteiger partial charge in [0.1, 0.15) is 6.29 Å². The minimum absolute atomic E-state index is 0.0856. The van der Waals surface area contributed by atoms with Crippen molar-refractivity contribution in [1.29, 1.82) is 0 Å². The lowest BCUT2D eigenvalue weighted by molar-refractivity contribution is -0.115. The fraction of sp³-hybridized carbons (Fsp3) is 0.875. The fourth-order valence-corrected chi connectivity index (χ4v) is 2.58. The van der Waals surface area contributed by atoms with Crippen molar-refractivity contribution in [3.8, 4) is 0 Å². The molecule has 1 rings (SSSR count). The van der Waals surface area contributed by atoms with Crippen molar-refractivity contribution >= 4 is 29.2 Å². The summed E-state index contributed by atoms with van der Waals surface area (Å²) in [4.78, 5) is 10.8. The van der Waals surface area contributed by atoms with E-state index in [0.29, 0.717) is 0 Å². The molecule has 3 heteroatoms. The predicted octanol–water partition coefficient (Wildman–Crippen LogP) is 2.03. The highest BCUT2D eigenvalue weighted by Gasteiger charge is 2.27. The summed E-state index contributed by atoms with van der Waals surface area (Å²) < 4.78 is 2.22. The van der Waals surface area contributed by atoms with Crippen LogP contribution in [0.3, 0.4) is 0 Å². The molecule has 1 heterocycles. The second-order valence-electron chi connectivity index (χ2n) is 3.57. The highest BCUT2D eigenvalue weighted by molar-refractivity contribution is 14.1. The second kappa shape index (κ2) is 3.85. The molecule has 0 aromatic rings. The van der Waals surface area contributed by atoms with Gasteiger partial charge in [0.15, 0.2) is 0 Å². The normalized spacial score (nSPS) is 34.7. The second-order valence-corrected chi connectivity index (χ2v) is 4.94. The number of nitrogens with zero attached hydrogens (tertiary/aromatic N) is 1. The van der Waals surface area contributed by atoms with E-state index < -0.39 is 0 Å².